The van der Waals surface area contributed by atoms with Crippen LogP contribution in [0.25, 0.3) is 0 Å². The molecule has 1 N–H and O–H groups in total. The summed E-state index contributed by atoms with van der Waals surface area (Å²) in [6, 6.07) is 0. The van der Waals surface area contributed by atoms with Crippen molar-refractivity contribution in [2.45, 2.75) is 38.3 Å². The molecule has 5 heteroatoms. The maximum absolute atomic E-state index is 12.8. The fourth-order valence-electron chi connectivity index (χ4n) is 3.40. The number of nitrogens with one attached hydrogen (secondary N) is 1. The summed E-state index contributed by atoms with van der Waals surface area (Å²) < 4.78 is 43.2. The van der Waals surface area contributed by atoms with E-state index in [1.165, 1.54) is 0 Å². The van der Waals surface area contributed by atoms with Crippen LogP contribution in [0.4, 0.5) is 13.2 Å². The van der Waals surface area contributed by atoms with Gasteiger partial charge < -0.3 is 10.1 Å². The molecule has 0 aromatic heterocycles. The molecule has 2 rings (SSSR count). The SMILES string of the molecule is COCCNCC1CC12CCCC(C(F)(F)F)C2. The van der Waals surface area contributed by atoms with Gasteiger partial charge in [-0.2, -0.15) is 13.2 Å². The fraction of sp³-hybridized carbons (Fsp3) is 1.00. The molecule has 0 amide bonds. The Morgan fingerprint density at radius 1 is 1.33 bits per heavy atom. The Morgan fingerprint density at radius 2 is 2.11 bits per heavy atom. The largest absolute Gasteiger partial charge is 0.391 e. The Labute approximate surface area is 106 Å². The van der Waals surface area contributed by atoms with Crippen LogP contribution in [-0.4, -0.2) is 33.0 Å². The Balaban J connectivity index is 1.76. The van der Waals surface area contributed by atoms with Crippen molar-refractivity contribution >= 4 is 0 Å². The summed E-state index contributed by atoms with van der Waals surface area (Å²) in [6.07, 6.45) is -0.624. The Morgan fingerprint density at radius 3 is 2.78 bits per heavy atom. The number of hydrogen-bond donors (Lipinski definition) is 1. The molecule has 0 aromatic rings. The van der Waals surface area contributed by atoms with E-state index >= 15 is 0 Å². The minimum Gasteiger partial charge on any atom is -0.383 e. The molecule has 0 bridgehead atoms. The summed E-state index contributed by atoms with van der Waals surface area (Å²) in [5.74, 6) is -0.616. The zero-order valence-corrected chi connectivity index (χ0v) is 10.9. The van der Waals surface area contributed by atoms with Gasteiger partial charge in [0.25, 0.3) is 0 Å². The topological polar surface area (TPSA) is 21.3 Å². The first-order chi connectivity index (χ1) is 8.48. The van der Waals surface area contributed by atoms with Crippen molar-refractivity contribution in [1.29, 1.82) is 0 Å². The number of alkyl halides is 3. The van der Waals surface area contributed by atoms with Crippen molar-refractivity contribution in [3.63, 3.8) is 0 Å². The zero-order chi connectivity index (χ0) is 13.2. The first-order valence-corrected chi connectivity index (χ1v) is 6.74. The van der Waals surface area contributed by atoms with Crippen molar-refractivity contribution in [2.24, 2.45) is 17.3 Å². The summed E-state index contributed by atoms with van der Waals surface area (Å²) in [6.45, 7) is 2.28. The van der Waals surface area contributed by atoms with Gasteiger partial charge in [-0.05, 0) is 43.6 Å². The molecular weight excluding hydrogens is 243 g/mol. The van der Waals surface area contributed by atoms with E-state index in [9.17, 15) is 13.2 Å². The van der Waals surface area contributed by atoms with E-state index < -0.39 is 12.1 Å². The molecule has 18 heavy (non-hydrogen) atoms. The molecular formula is C13H22F3NO. The molecule has 106 valence electrons. The lowest BCUT2D eigenvalue weighted by molar-refractivity contribution is -0.187. The standard InChI is InChI=1S/C13H22F3NO/c1-18-6-5-17-9-11-8-12(11)4-2-3-10(7-12)13(14,15)16/h10-11,17H,2-9H2,1H3. The van der Waals surface area contributed by atoms with E-state index in [1.807, 2.05) is 0 Å². The highest BCUT2D eigenvalue weighted by atomic mass is 19.4. The summed E-state index contributed by atoms with van der Waals surface area (Å²) in [4.78, 5) is 0. The van der Waals surface area contributed by atoms with Crippen LogP contribution in [0, 0.1) is 17.3 Å². The third-order valence-electron chi connectivity index (χ3n) is 4.58. The molecule has 0 saturated heterocycles. The van der Waals surface area contributed by atoms with Crippen LogP contribution < -0.4 is 5.32 Å². The third kappa shape index (κ3) is 3.18. The second-order valence-electron chi connectivity index (χ2n) is 5.80. The molecule has 2 aliphatic carbocycles. The van der Waals surface area contributed by atoms with Crippen LogP contribution >= 0.6 is 0 Å². The maximum Gasteiger partial charge on any atom is 0.391 e. The number of hydrogen-bond acceptors (Lipinski definition) is 2. The van der Waals surface area contributed by atoms with Gasteiger partial charge in [0.05, 0.1) is 12.5 Å². The average Bonchev–Trinajstić information content (AvgIpc) is 2.96. The van der Waals surface area contributed by atoms with Crippen molar-refractivity contribution in [1.82, 2.24) is 5.32 Å². The van der Waals surface area contributed by atoms with Gasteiger partial charge in [0.1, 0.15) is 0 Å². The molecule has 0 aliphatic heterocycles. The molecule has 1 spiro atoms. The zero-order valence-electron chi connectivity index (χ0n) is 10.9. The lowest BCUT2D eigenvalue weighted by atomic mass is 9.77. The molecule has 2 fully saturated rings. The van der Waals surface area contributed by atoms with E-state index in [1.54, 1.807) is 7.11 Å². The number of methoxy groups -OCH3 is 1. The predicted octanol–water partition coefficient (Wildman–Crippen LogP) is 2.98. The second kappa shape index (κ2) is 5.37. The van der Waals surface area contributed by atoms with Gasteiger partial charge in [-0.1, -0.05) is 6.42 Å². The number of ether oxygens (including phenoxy) is 1. The van der Waals surface area contributed by atoms with Crippen molar-refractivity contribution in [3.05, 3.63) is 0 Å². The highest BCUT2D eigenvalue weighted by molar-refractivity contribution is 5.06. The van der Waals surface area contributed by atoms with Gasteiger partial charge >= 0.3 is 6.18 Å². The predicted molar refractivity (Wildman–Crippen MR) is 63.3 cm³/mol. The number of halogens is 3. The Kier molecular flexibility index (Phi) is 4.22. The number of rotatable bonds is 5. The first kappa shape index (κ1) is 14.1. The van der Waals surface area contributed by atoms with Crippen LogP contribution in [0.2, 0.25) is 0 Å². The molecule has 0 aromatic carbocycles. The lowest BCUT2D eigenvalue weighted by Gasteiger charge is -2.31. The smallest absolute Gasteiger partial charge is 0.383 e. The van der Waals surface area contributed by atoms with Crippen LogP contribution in [0.3, 0.4) is 0 Å². The van der Waals surface area contributed by atoms with Crippen molar-refractivity contribution in [2.75, 3.05) is 26.8 Å². The minimum absolute atomic E-state index is 0.00148. The minimum atomic E-state index is -4.00. The van der Waals surface area contributed by atoms with E-state index in [2.05, 4.69) is 5.32 Å². The van der Waals surface area contributed by atoms with E-state index in [0.717, 1.165) is 32.4 Å². The van der Waals surface area contributed by atoms with Gasteiger partial charge in [-0.15, -0.1) is 0 Å². The van der Waals surface area contributed by atoms with Gasteiger partial charge in [0.15, 0.2) is 0 Å². The van der Waals surface area contributed by atoms with Crippen LogP contribution in [0.5, 0.6) is 0 Å². The molecule has 3 atom stereocenters. The second-order valence-corrected chi connectivity index (χ2v) is 5.80. The lowest BCUT2D eigenvalue weighted by Crippen LogP contribution is -2.31. The summed E-state index contributed by atoms with van der Waals surface area (Å²) >= 11 is 0. The van der Waals surface area contributed by atoms with Crippen LogP contribution in [0.1, 0.15) is 32.1 Å². The molecule has 0 radical (unpaired) electrons. The molecule has 3 unspecified atom stereocenters. The molecule has 2 saturated carbocycles. The first-order valence-electron chi connectivity index (χ1n) is 6.74. The van der Waals surface area contributed by atoms with E-state index in [0.29, 0.717) is 25.4 Å². The Bertz CT molecular complexity index is 282. The van der Waals surface area contributed by atoms with E-state index in [-0.39, 0.29) is 5.41 Å². The monoisotopic (exact) mass is 265 g/mol. The van der Waals surface area contributed by atoms with E-state index in [4.69, 9.17) is 4.74 Å². The summed E-state index contributed by atoms with van der Waals surface area (Å²) in [5, 5.41) is 3.27. The van der Waals surface area contributed by atoms with Gasteiger partial charge in [0.2, 0.25) is 0 Å². The summed E-state index contributed by atoms with van der Waals surface area (Å²) in [7, 11) is 1.65. The molecule has 2 nitrogen and oxygen atoms in total. The maximum atomic E-state index is 12.8. The highest BCUT2D eigenvalue weighted by Crippen LogP contribution is 2.63. The normalized spacial score (nSPS) is 36.0. The van der Waals surface area contributed by atoms with Crippen LogP contribution in [0.15, 0.2) is 0 Å². The van der Waals surface area contributed by atoms with Gasteiger partial charge in [0, 0.05) is 13.7 Å². The summed E-state index contributed by atoms with van der Waals surface area (Å²) in [5.41, 5.74) is -0.00148. The quantitative estimate of drug-likeness (QED) is 0.772. The third-order valence-corrected chi connectivity index (χ3v) is 4.58. The van der Waals surface area contributed by atoms with Gasteiger partial charge in [-0.3, -0.25) is 0 Å². The van der Waals surface area contributed by atoms with Crippen molar-refractivity contribution in [3.8, 4) is 0 Å². The highest BCUT2D eigenvalue weighted by Gasteiger charge is 2.58. The molecule has 2 aliphatic rings. The van der Waals surface area contributed by atoms with Crippen molar-refractivity contribution < 1.29 is 17.9 Å². The Hall–Kier alpha value is -0.290. The van der Waals surface area contributed by atoms with Gasteiger partial charge in [-0.25, -0.2) is 0 Å². The molecule has 0 heterocycles. The fourth-order valence-corrected chi connectivity index (χ4v) is 3.40. The average molecular weight is 265 g/mol. The van der Waals surface area contributed by atoms with Crippen LogP contribution in [-0.2, 0) is 4.74 Å².